The van der Waals surface area contributed by atoms with Crippen molar-refractivity contribution in [3.8, 4) is 0 Å². The Morgan fingerprint density at radius 2 is 2.00 bits per heavy atom. The molecule has 0 aliphatic carbocycles. The lowest BCUT2D eigenvalue weighted by molar-refractivity contribution is -0.136. The quantitative estimate of drug-likeness (QED) is 0.447. The van der Waals surface area contributed by atoms with Crippen molar-refractivity contribution in [1.29, 1.82) is 0 Å². The van der Waals surface area contributed by atoms with E-state index < -0.39 is 36.7 Å². The maximum Gasteiger partial charge on any atom is 0.311 e. The van der Waals surface area contributed by atoms with Gasteiger partial charge in [0.1, 0.15) is 24.6 Å². The number of carboxylic acid groups (broad SMARTS) is 1. The maximum absolute atomic E-state index is 12.6. The number of carboxylic acids is 1. The number of anilines is 1. The van der Waals surface area contributed by atoms with Crippen LogP contribution in [0.1, 0.15) is 28.8 Å². The largest absolute Gasteiger partial charge is 0.481 e. The second-order valence-corrected chi connectivity index (χ2v) is 6.82. The zero-order chi connectivity index (χ0) is 21.3. The topological polar surface area (TPSA) is 160 Å². The first kappa shape index (κ1) is 19.9. The van der Waals surface area contributed by atoms with E-state index in [4.69, 9.17) is 9.84 Å². The molecule has 0 unspecified atom stereocenters. The van der Waals surface area contributed by atoms with E-state index in [1.165, 1.54) is 10.9 Å². The molecule has 1 aliphatic heterocycles. The van der Waals surface area contributed by atoms with Gasteiger partial charge in [0, 0.05) is 12.0 Å². The van der Waals surface area contributed by atoms with Gasteiger partial charge in [-0.05, 0) is 12.1 Å². The number of carbonyl (C=O) groups is 2. The lowest BCUT2D eigenvalue weighted by atomic mass is 10.2. The monoisotopic (exact) mass is 413 g/mol. The predicted octanol–water partition coefficient (Wildman–Crippen LogP) is 0.346. The molecule has 1 amide bonds. The summed E-state index contributed by atoms with van der Waals surface area (Å²) >= 11 is 0. The summed E-state index contributed by atoms with van der Waals surface area (Å²) in [5.74, 6) is -1.51. The summed E-state index contributed by atoms with van der Waals surface area (Å²) in [6.45, 7) is -0.345. The van der Waals surface area contributed by atoms with E-state index in [-0.39, 0.29) is 35.8 Å². The summed E-state index contributed by atoms with van der Waals surface area (Å²) in [6.07, 6.45) is -1.12. The number of carbonyl (C=O) groups excluding carboxylic acids is 1. The van der Waals surface area contributed by atoms with Crippen LogP contribution in [0.25, 0.3) is 11.2 Å². The third kappa shape index (κ3) is 3.85. The van der Waals surface area contributed by atoms with Crippen LogP contribution in [-0.2, 0) is 16.0 Å². The third-order valence-corrected chi connectivity index (χ3v) is 4.74. The number of ether oxygens (including phenoxy) is 1. The molecule has 0 saturated carbocycles. The van der Waals surface area contributed by atoms with Crippen molar-refractivity contribution >= 4 is 28.9 Å². The van der Waals surface area contributed by atoms with Crippen molar-refractivity contribution in [2.45, 2.75) is 31.3 Å². The van der Waals surface area contributed by atoms with Crippen molar-refractivity contribution in [2.24, 2.45) is 0 Å². The van der Waals surface area contributed by atoms with E-state index in [0.29, 0.717) is 5.56 Å². The van der Waals surface area contributed by atoms with E-state index in [1.54, 1.807) is 30.3 Å². The number of hydrogen-bond donors (Lipinski definition) is 4. The first-order valence-corrected chi connectivity index (χ1v) is 9.22. The summed E-state index contributed by atoms with van der Waals surface area (Å²) in [4.78, 5) is 36.4. The molecule has 3 atom stereocenters. The highest BCUT2D eigenvalue weighted by Gasteiger charge is 2.35. The Morgan fingerprint density at radius 3 is 2.67 bits per heavy atom. The van der Waals surface area contributed by atoms with E-state index >= 15 is 0 Å². The molecule has 1 aliphatic rings. The van der Waals surface area contributed by atoms with Crippen LogP contribution < -0.4 is 5.32 Å². The highest BCUT2D eigenvalue weighted by molar-refractivity contribution is 6.06. The Labute approximate surface area is 170 Å². The van der Waals surface area contributed by atoms with Gasteiger partial charge in [0.2, 0.25) is 0 Å². The van der Waals surface area contributed by atoms with Gasteiger partial charge in [0.15, 0.2) is 17.0 Å². The number of aromatic nitrogens is 4. The zero-order valence-corrected chi connectivity index (χ0v) is 15.7. The van der Waals surface area contributed by atoms with Crippen LogP contribution in [0.4, 0.5) is 5.82 Å². The van der Waals surface area contributed by atoms with Crippen LogP contribution in [0.15, 0.2) is 36.7 Å². The number of benzene rings is 1. The third-order valence-electron chi connectivity index (χ3n) is 4.74. The SMILES string of the molecule is O=C(O)Cc1nc(NC(=O)c2ccccc2)c2ncn([C@H]3C[C@H](O)[C@@H](CO)O3)c2n1. The van der Waals surface area contributed by atoms with Gasteiger partial charge in [-0.3, -0.25) is 14.2 Å². The molecule has 1 aromatic carbocycles. The van der Waals surface area contributed by atoms with Crippen molar-refractivity contribution < 1.29 is 29.6 Å². The highest BCUT2D eigenvalue weighted by atomic mass is 16.5. The average molecular weight is 413 g/mol. The average Bonchev–Trinajstić information content (AvgIpc) is 3.31. The number of nitrogens with zero attached hydrogens (tertiary/aromatic N) is 4. The fraction of sp³-hybridized carbons (Fsp3) is 0.316. The standard InChI is InChI=1S/C19H19N5O6/c25-8-12-11(26)6-14(30-12)24-9-20-16-17(21-13(7-15(27)28)22-18(16)24)23-19(29)10-4-2-1-3-5-10/h1-5,9,11-12,14,25-26H,6-8H2,(H,27,28)(H,21,22,23,29)/t11-,12+,14+/m0/s1. The highest BCUT2D eigenvalue weighted by Crippen LogP contribution is 2.32. The normalized spacial score (nSPS) is 21.1. The number of amides is 1. The summed E-state index contributed by atoms with van der Waals surface area (Å²) < 4.78 is 7.17. The first-order chi connectivity index (χ1) is 14.5. The molecule has 11 heteroatoms. The molecule has 3 heterocycles. The Bertz CT molecular complexity index is 1090. The number of nitrogens with one attached hydrogen (secondary N) is 1. The Hall–Kier alpha value is -3.41. The summed E-state index contributed by atoms with van der Waals surface area (Å²) in [6, 6.07) is 8.48. The molecule has 1 saturated heterocycles. The first-order valence-electron chi connectivity index (χ1n) is 9.22. The lowest BCUT2D eigenvalue weighted by Crippen LogP contribution is -2.24. The van der Waals surface area contributed by atoms with Crippen molar-refractivity contribution in [3.05, 3.63) is 48.0 Å². The molecule has 1 fully saturated rings. The molecule has 0 bridgehead atoms. The number of rotatable bonds is 6. The molecule has 4 rings (SSSR count). The lowest BCUT2D eigenvalue weighted by Gasteiger charge is -2.14. The van der Waals surface area contributed by atoms with E-state index in [9.17, 15) is 19.8 Å². The van der Waals surface area contributed by atoms with Crippen molar-refractivity contribution in [1.82, 2.24) is 19.5 Å². The van der Waals surface area contributed by atoms with Crippen molar-refractivity contribution in [2.75, 3.05) is 11.9 Å². The van der Waals surface area contributed by atoms with Crippen molar-refractivity contribution in [3.63, 3.8) is 0 Å². The minimum Gasteiger partial charge on any atom is -0.481 e. The van der Waals surface area contributed by atoms with E-state index in [0.717, 1.165) is 0 Å². The predicted molar refractivity (Wildman–Crippen MR) is 103 cm³/mol. The molecule has 3 aromatic rings. The maximum atomic E-state index is 12.6. The second-order valence-electron chi connectivity index (χ2n) is 6.82. The summed E-state index contributed by atoms with van der Waals surface area (Å²) in [5, 5.41) is 31.1. The van der Waals surface area contributed by atoms with Crippen LogP contribution in [0.3, 0.4) is 0 Å². The Morgan fingerprint density at radius 1 is 1.23 bits per heavy atom. The number of aliphatic hydroxyl groups is 2. The van der Waals surface area contributed by atoms with E-state index in [2.05, 4.69) is 20.3 Å². The van der Waals surface area contributed by atoms with Gasteiger partial charge in [0.25, 0.3) is 5.91 Å². The van der Waals surface area contributed by atoms with Gasteiger partial charge in [-0.25, -0.2) is 15.0 Å². The van der Waals surface area contributed by atoms with Crippen LogP contribution in [-0.4, -0.2) is 65.5 Å². The Kier molecular flexibility index (Phi) is 5.40. The summed E-state index contributed by atoms with van der Waals surface area (Å²) in [5.41, 5.74) is 0.899. The second kappa shape index (κ2) is 8.14. The molecular weight excluding hydrogens is 394 g/mol. The molecule has 4 N–H and O–H groups in total. The minimum atomic E-state index is -1.13. The van der Waals surface area contributed by atoms with Gasteiger partial charge in [0.05, 0.1) is 19.0 Å². The Balaban J connectivity index is 1.73. The van der Waals surface area contributed by atoms with Gasteiger partial charge >= 0.3 is 5.97 Å². The number of imidazole rings is 1. The van der Waals surface area contributed by atoms with Crippen LogP contribution in [0.2, 0.25) is 0 Å². The molecule has 156 valence electrons. The van der Waals surface area contributed by atoms with Crippen LogP contribution >= 0.6 is 0 Å². The molecule has 0 radical (unpaired) electrons. The number of fused-ring (bicyclic) bond motifs is 1. The fourth-order valence-corrected chi connectivity index (χ4v) is 3.29. The number of aliphatic carboxylic acids is 1. The number of hydrogen-bond acceptors (Lipinski definition) is 8. The van der Waals surface area contributed by atoms with Gasteiger partial charge < -0.3 is 25.4 Å². The number of aliphatic hydroxyl groups excluding tert-OH is 2. The molecule has 30 heavy (non-hydrogen) atoms. The smallest absolute Gasteiger partial charge is 0.311 e. The molecular formula is C19H19N5O6. The molecule has 2 aromatic heterocycles. The fourth-order valence-electron chi connectivity index (χ4n) is 3.29. The van der Waals surface area contributed by atoms with E-state index in [1.807, 2.05) is 0 Å². The van der Waals surface area contributed by atoms with Crippen LogP contribution in [0.5, 0.6) is 0 Å². The zero-order valence-electron chi connectivity index (χ0n) is 15.7. The summed E-state index contributed by atoms with van der Waals surface area (Å²) in [7, 11) is 0. The van der Waals surface area contributed by atoms with Gasteiger partial charge in [-0.15, -0.1) is 0 Å². The minimum absolute atomic E-state index is 0.0163. The van der Waals surface area contributed by atoms with Gasteiger partial charge in [-0.2, -0.15) is 0 Å². The molecule has 11 nitrogen and oxygen atoms in total. The van der Waals surface area contributed by atoms with Gasteiger partial charge in [-0.1, -0.05) is 18.2 Å². The van der Waals surface area contributed by atoms with Crippen LogP contribution in [0, 0.1) is 0 Å². The molecule has 0 spiro atoms.